The van der Waals surface area contributed by atoms with Crippen LogP contribution in [0.15, 0.2) is 0 Å². The minimum atomic E-state index is -3.82. The smallest absolute Gasteiger partial charge is 0.203 e. The maximum absolute atomic E-state index is 11.7. The van der Waals surface area contributed by atoms with E-state index in [4.69, 9.17) is 0 Å². The standard InChI is InChI=1S/C10H20Br2O4S/c11-7-3-1-5-9(13)17(15,16)10(14)6-2-4-8-12/h9-10,13-14H,1-8H2. The maximum atomic E-state index is 11.7. The molecule has 0 aliphatic rings. The molecule has 4 nitrogen and oxygen atoms in total. The minimum Gasteiger partial charge on any atom is -0.377 e. The SMILES string of the molecule is O=S(=O)(C(O)CCCCBr)C(O)CCCCBr. The van der Waals surface area contributed by atoms with Crippen LogP contribution >= 0.6 is 31.9 Å². The van der Waals surface area contributed by atoms with Crippen LogP contribution in [0.1, 0.15) is 38.5 Å². The minimum absolute atomic E-state index is 0.184. The van der Waals surface area contributed by atoms with Gasteiger partial charge in [-0.2, -0.15) is 0 Å². The van der Waals surface area contributed by atoms with E-state index < -0.39 is 20.7 Å². The molecular weight excluding hydrogens is 376 g/mol. The third-order valence-corrected chi connectivity index (χ3v) is 5.54. The Balaban J connectivity index is 4.14. The summed E-state index contributed by atoms with van der Waals surface area (Å²) in [6.07, 6.45) is 3.24. The second-order valence-corrected chi connectivity index (χ2v) is 7.72. The first-order chi connectivity index (χ1) is 7.96. The molecule has 0 amide bonds. The summed E-state index contributed by atoms with van der Waals surface area (Å²) in [5.74, 6) is 0. The van der Waals surface area contributed by atoms with Crippen molar-refractivity contribution in [2.24, 2.45) is 0 Å². The summed E-state index contributed by atoms with van der Waals surface area (Å²) in [5.41, 5.74) is -2.89. The summed E-state index contributed by atoms with van der Waals surface area (Å²) in [7, 11) is -3.82. The molecule has 2 N–H and O–H groups in total. The van der Waals surface area contributed by atoms with Crippen LogP contribution in [0.25, 0.3) is 0 Å². The van der Waals surface area contributed by atoms with E-state index in [0.717, 1.165) is 23.5 Å². The first-order valence-corrected chi connectivity index (χ1v) is 9.52. The van der Waals surface area contributed by atoms with Gasteiger partial charge in [0.1, 0.15) is 0 Å². The highest BCUT2D eigenvalue weighted by atomic mass is 79.9. The number of alkyl halides is 2. The lowest BCUT2D eigenvalue weighted by Crippen LogP contribution is -2.32. The van der Waals surface area contributed by atoms with E-state index in [9.17, 15) is 18.6 Å². The molecule has 7 heteroatoms. The number of aliphatic hydroxyl groups is 2. The van der Waals surface area contributed by atoms with Gasteiger partial charge in [0.05, 0.1) is 0 Å². The van der Waals surface area contributed by atoms with Crippen molar-refractivity contribution in [3.8, 4) is 0 Å². The van der Waals surface area contributed by atoms with Gasteiger partial charge in [-0.15, -0.1) is 0 Å². The number of aliphatic hydroxyl groups excluding tert-OH is 2. The summed E-state index contributed by atoms with van der Waals surface area (Å²) in [5, 5.41) is 20.7. The number of halogens is 2. The molecule has 0 aromatic carbocycles. The zero-order chi connectivity index (χ0) is 13.3. The van der Waals surface area contributed by atoms with Gasteiger partial charge in [0.15, 0.2) is 10.9 Å². The summed E-state index contributed by atoms with van der Waals surface area (Å²) >= 11 is 6.47. The summed E-state index contributed by atoms with van der Waals surface area (Å²) < 4.78 is 23.4. The molecule has 0 spiro atoms. The van der Waals surface area contributed by atoms with E-state index in [1.165, 1.54) is 0 Å². The Morgan fingerprint density at radius 1 is 0.824 bits per heavy atom. The third kappa shape index (κ3) is 7.10. The number of unbranched alkanes of at least 4 members (excludes halogenated alkanes) is 2. The number of hydrogen-bond acceptors (Lipinski definition) is 4. The molecule has 0 heterocycles. The van der Waals surface area contributed by atoms with Gasteiger partial charge in [-0.25, -0.2) is 8.42 Å². The lowest BCUT2D eigenvalue weighted by Gasteiger charge is -2.16. The first-order valence-electron chi connectivity index (χ1n) is 5.67. The highest BCUT2D eigenvalue weighted by molar-refractivity contribution is 9.09. The summed E-state index contributed by atoms with van der Waals surface area (Å²) in [6, 6.07) is 0. The highest BCUT2D eigenvalue weighted by Gasteiger charge is 2.30. The highest BCUT2D eigenvalue weighted by Crippen LogP contribution is 2.16. The van der Waals surface area contributed by atoms with Crippen molar-refractivity contribution in [3.05, 3.63) is 0 Å². The van der Waals surface area contributed by atoms with E-state index in [1.807, 2.05) is 0 Å². The second kappa shape index (κ2) is 9.72. The van der Waals surface area contributed by atoms with E-state index in [2.05, 4.69) is 31.9 Å². The molecule has 0 aromatic rings. The topological polar surface area (TPSA) is 74.6 Å². The molecular formula is C10H20Br2O4S. The van der Waals surface area contributed by atoms with Gasteiger partial charge in [-0.3, -0.25) is 0 Å². The number of hydrogen-bond donors (Lipinski definition) is 2. The van der Waals surface area contributed by atoms with Gasteiger partial charge < -0.3 is 10.2 Å². The van der Waals surface area contributed by atoms with Gasteiger partial charge in [0, 0.05) is 10.7 Å². The lowest BCUT2D eigenvalue weighted by molar-refractivity contribution is 0.197. The molecule has 104 valence electrons. The average molecular weight is 396 g/mol. The normalized spacial score (nSPS) is 15.8. The van der Waals surface area contributed by atoms with Crippen LogP contribution < -0.4 is 0 Å². The Kier molecular flexibility index (Phi) is 10.2. The van der Waals surface area contributed by atoms with Crippen molar-refractivity contribution in [1.82, 2.24) is 0 Å². The second-order valence-electron chi connectivity index (χ2n) is 3.87. The van der Waals surface area contributed by atoms with Gasteiger partial charge in [0.25, 0.3) is 0 Å². The Bertz CT molecular complexity index is 260. The molecule has 0 saturated carbocycles. The van der Waals surface area contributed by atoms with Crippen LogP contribution in [0.5, 0.6) is 0 Å². The Morgan fingerprint density at radius 2 is 1.18 bits per heavy atom. The van der Waals surface area contributed by atoms with Crippen molar-refractivity contribution in [1.29, 1.82) is 0 Å². The lowest BCUT2D eigenvalue weighted by atomic mass is 10.3. The molecule has 17 heavy (non-hydrogen) atoms. The number of rotatable bonds is 10. The monoisotopic (exact) mass is 394 g/mol. The number of sulfone groups is 1. The van der Waals surface area contributed by atoms with Crippen molar-refractivity contribution < 1.29 is 18.6 Å². The fraction of sp³-hybridized carbons (Fsp3) is 1.00. The molecule has 0 radical (unpaired) electrons. The summed E-state index contributed by atoms with van der Waals surface area (Å²) in [4.78, 5) is 0. The molecule has 0 rings (SSSR count). The van der Waals surface area contributed by atoms with Crippen LogP contribution in [-0.4, -0.2) is 40.2 Å². The van der Waals surface area contributed by atoms with E-state index in [-0.39, 0.29) is 12.8 Å². The molecule has 0 aliphatic heterocycles. The van der Waals surface area contributed by atoms with Crippen LogP contribution in [-0.2, 0) is 9.84 Å². The molecule has 0 aromatic heterocycles. The van der Waals surface area contributed by atoms with Crippen molar-refractivity contribution in [2.75, 3.05) is 10.7 Å². The third-order valence-electron chi connectivity index (χ3n) is 2.43. The zero-order valence-electron chi connectivity index (χ0n) is 9.69. The molecule has 2 unspecified atom stereocenters. The van der Waals surface area contributed by atoms with Crippen LogP contribution in [0.2, 0.25) is 0 Å². The molecule has 0 bridgehead atoms. The first kappa shape index (κ1) is 17.8. The van der Waals surface area contributed by atoms with E-state index >= 15 is 0 Å². The predicted octanol–water partition coefficient (Wildman–Crippen LogP) is 2.17. The van der Waals surface area contributed by atoms with Gasteiger partial charge in [0.2, 0.25) is 9.84 Å². The molecule has 0 aliphatic carbocycles. The van der Waals surface area contributed by atoms with E-state index in [1.54, 1.807) is 0 Å². The van der Waals surface area contributed by atoms with Crippen molar-refractivity contribution in [2.45, 2.75) is 49.4 Å². The van der Waals surface area contributed by atoms with Crippen molar-refractivity contribution in [3.63, 3.8) is 0 Å². The fourth-order valence-electron chi connectivity index (χ4n) is 1.34. The van der Waals surface area contributed by atoms with Crippen LogP contribution in [0.4, 0.5) is 0 Å². The van der Waals surface area contributed by atoms with E-state index in [0.29, 0.717) is 12.8 Å². The fourth-order valence-corrected chi connectivity index (χ4v) is 3.48. The molecule has 0 saturated heterocycles. The van der Waals surface area contributed by atoms with Gasteiger partial charge >= 0.3 is 0 Å². The van der Waals surface area contributed by atoms with Crippen LogP contribution in [0, 0.1) is 0 Å². The average Bonchev–Trinajstić information content (AvgIpc) is 2.29. The van der Waals surface area contributed by atoms with Gasteiger partial charge in [-0.1, -0.05) is 31.9 Å². The van der Waals surface area contributed by atoms with Gasteiger partial charge in [-0.05, 0) is 38.5 Å². The summed E-state index contributed by atoms with van der Waals surface area (Å²) in [6.45, 7) is 0. The van der Waals surface area contributed by atoms with Crippen LogP contribution in [0.3, 0.4) is 0 Å². The maximum Gasteiger partial charge on any atom is 0.203 e. The Hall–Kier alpha value is 0.830. The molecule has 0 fully saturated rings. The molecule has 2 atom stereocenters. The Morgan fingerprint density at radius 3 is 1.47 bits per heavy atom. The largest absolute Gasteiger partial charge is 0.377 e. The zero-order valence-corrected chi connectivity index (χ0v) is 13.7. The van der Waals surface area contributed by atoms with Crippen molar-refractivity contribution >= 4 is 41.7 Å². The quantitative estimate of drug-likeness (QED) is 0.439. The predicted molar refractivity (Wildman–Crippen MR) is 76.2 cm³/mol. The Labute approximate surface area is 120 Å².